The Hall–Kier alpha value is -2.80. The minimum Gasteiger partial charge on any atom is -0.497 e. The summed E-state index contributed by atoms with van der Waals surface area (Å²) in [5.74, 6) is 1.15. The highest BCUT2D eigenvalue weighted by molar-refractivity contribution is 8.00. The molecule has 140 valence electrons. The van der Waals surface area contributed by atoms with Gasteiger partial charge in [-0.05, 0) is 50.2 Å². The number of aromatic nitrogens is 3. The third-order valence-corrected chi connectivity index (χ3v) is 5.24. The highest BCUT2D eigenvalue weighted by Gasteiger charge is 2.16. The van der Waals surface area contributed by atoms with Crippen LogP contribution in [0.3, 0.4) is 0 Å². The highest BCUT2D eigenvalue weighted by Crippen LogP contribution is 2.22. The molecule has 2 aromatic heterocycles. The third-order valence-electron chi connectivity index (χ3n) is 4.23. The zero-order valence-corrected chi connectivity index (χ0v) is 16.4. The van der Waals surface area contributed by atoms with Crippen molar-refractivity contribution in [2.24, 2.45) is 0 Å². The van der Waals surface area contributed by atoms with Crippen molar-refractivity contribution in [3.63, 3.8) is 0 Å². The number of hydrogen-bond donors (Lipinski definition) is 1. The van der Waals surface area contributed by atoms with Crippen LogP contribution in [0.5, 0.6) is 5.75 Å². The molecule has 3 aromatic rings. The lowest BCUT2D eigenvalue weighted by Gasteiger charge is -2.14. The molecule has 0 fully saturated rings. The average Bonchev–Trinajstić information content (AvgIpc) is 3.09. The van der Waals surface area contributed by atoms with Crippen molar-refractivity contribution in [3.05, 3.63) is 66.2 Å². The molecule has 6 nitrogen and oxygen atoms in total. The molecule has 0 saturated carbocycles. The van der Waals surface area contributed by atoms with Crippen LogP contribution in [0.1, 0.15) is 24.2 Å². The van der Waals surface area contributed by atoms with Crippen LogP contribution in [-0.4, -0.2) is 33.5 Å². The summed E-state index contributed by atoms with van der Waals surface area (Å²) in [6, 6.07) is 11.4. The topological polar surface area (TPSA) is 69.0 Å². The first kappa shape index (κ1) is 19.0. The van der Waals surface area contributed by atoms with Gasteiger partial charge < -0.3 is 10.1 Å². The Morgan fingerprint density at radius 2 is 1.93 bits per heavy atom. The van der Waals surface area contributed by atoms with Gasteiger partial charge >= 0.3 is 0 Å². The molecule has 1 atom stereocenters. The first-order chi connectivity index (χ1) is 13.1. The molecule has 0 aliphatic heterocycles. The Kier molecular flexibility index (Phi) is 6.13. The van der Waals surface area contributed by atoms with Crippen molar-refractivity contribution in [3.8, 4) is 11.4 Å². The maximum absolute atomic E-state index is 12.3. The quantitative estimate of drug-likeness (QED) is 0.633. The van der Waals surface area contributed by atoms with Crippen LogP contribution in [0.2, 0.25) is 0 Å². The molecule has 1 amide bonds. The molecule has 0 aliphatic carbocycles. The zero-order valence-electron chi connectivity index (χ0n) is 15.5. The van der Waals surface area contributed by atoms with Gasteiger partial charge in [-0.25, -0.2) is 4.68 Å². The number of carbonyl (C=O) groups excluding carboxylic acids is 1. The van der Waals surface area contributed by atoms with Crippen molar-refractivity contribution < 1.29 is 9.53 Å². The monoisotopic (exact) mass is 382 g/mol. The molecule has 2 heterocycles. The van der Waals surface area contributed by atoms with Gasteiger partial charge in [0, 0.05) is 28.5 Å². The zero-order chi connectivity index (χ0) is 19.2. The summed E-state index contributed by atoms with van der Waals surface area (Å²) in [5.41, 5.74) is 2.94. The van der Waals surface area contributed by atoms with E-state index < -0.39 is 0 Å². The van der Waals surface area contributed by atoms with Gasteiger partial charge in [0.15, 0.2) is 0 Å². The molecule has 1 unspecified atom stereocenters. The van der Waals surface area contributed by atoms with Crippen molar-refractivity contribution in [2.45, 2.75) is 24.8 Å². The number of amides is 1. The van der Waals surface area contributed by atoms with Crippen LogP contribution in [0, 0.1) is 6.92 Å². The van der Waals surface area contributed by atoms with E-state index in [0.29, 0.717) is 5.75 Å². The molecule has 1 aromatic carbocycles. The van der Waals surface area contributed by atoms with E-state index in [-0.39, 0.29) is 11.9 Å². The minimum atomic E-state index is -0.123. The van der Waals surface area contributed by atoms with Gasteiger partial charge in [0.25, 0.3) is 0 Å². The molecule has 0 aliphatic rings. The van der Waals surface area contributed by atoms with E-state index in [0.717, 1.165) is 27.6 Å². The summed E-state index contributed by atoms with van der Waals surface area (Å²) in [6.07, 6.45) is 5.25. The Balaban J connectivity index is 1.63. The van der Waals surface area contributed by atoms with Gasteiger partial charge in [-0.1, -0.05) is 0 Å². The average molecular weight is 382 g/mol. The third kappa shape index (κ3) is 4.68. The summed E-state index contributed by atoms with van der Waals surface area (Å²) >= 11 is 1.49. The van der Waals surface area contributed by atoms with Gasteiger partial charge in [-0.3, -0.25) is 9.78 Å². The molecular weight excluding hydrogens is 360 g/mol. The van der Waals surface area contributed by atoms with Gasteiger partial charge in [-0.15, -0.1) is 11.8 Å². The number of nitrogens with one attached hydrogen (secondary N) is 1. The maximum atomic E-state index is 12.3. The molecule has 7 heteroatoms. The van der Waals surface area contributed by atoms with Crippen molar-refractivity contribution in [1.29, 1.82) is 0 Å². The Bertz CT molecular complexity index is 894. The van der Waals surface area contributed by atoms with Crippen LogP contribution in [0.15, 0.2) is 59.9 Å². The number of nitrogens with zero attached hydrogens (tertiary/aromatic N) is 3. The fourth-order valence-electron chi connectivity index (χ4n) is 2.78. The summed E-state index contributed by atoms with van der Waals surface area (Å²) in [7, 11) is 1.64. The first-order valence-electron chi connectivity index (χ1n) is 8.59. The lowest BCUT2D eigenvalue weighted by Crippen LogP contribution is -2.28. The van der Waals surface area contributed by atoms with Crippen LogP contribution in [0.4, 0.5) is 0 Å². The smallest absolute Gasteiger partial charge is 0.230 e. The van der Waals surface area contributed by atoms with E-state index in [1.807, 2.05) is 54.9 Å². The van der Waals surface area contributed by atoms with E-state index in [1.165, 1.54) is 11.8 Å². The molecular formula is C20H22N4O2S. The van der Waals surface area contributed by atoms with Crippen molar-refractivity contribution >= 4 is 17.7 Å². The molecule has 0 spiro atoms. The van der Waals surface area contributed by atoms with Gasteiger partial charge in [0.05, 0.1) is 30.8 Å². The Morgan fingerprint density at radius 3 is 2.59 bits per heavy atom. The lowest BCUT2D eigenvalue weighted by atomic mass is 10.1. The number of rotatable bonds is 7. The van der Waals surface area contributed by atoms with Gasteiger partial charge in [0.2, 0.25) is 5.91 Å². The molecule has 1 N–H and O–H groups in total. The largest absolute Gasteiger partial charge is 0.497 e. The summed E-state index contributed by atoms with van der Waals surface area (Å²) in [6.45, 7) is 3.97. The fraction of sp³-hybridized carbons (Fsp3) is 0.250. The molecule has 0 radical (unpaired) electrons. The maximum Gasteiger partial charge on any atom is 0.230 e. The Morgan fingerprint density at radius 1 is 1.22 bits per heavy atom. The van der Waals surface area contributed by atoms with Gasteiger partial charge in [0.1, 0.15) is 5.75 Å². The van der Waals surface area contributed by atoms with Crippen LogP contribution in [0.25, 0.3) is 5.69 Å². The number of hydrogen-bond acceptors (Lipinski definition) is 5. The van der Waals surface area contributed by atoms with Gasteiger partial charge in [-0.2, -0.15) is 5.10 Å². The molecule has 27 heavy (non-hydrogen) atoms. The van der Waals surface area contributed by atoms with Crippen molar-refractivity contribution in [2.75, 3.05) is 12.9 Å². The molecule has 0 bridgehead atoms. The SMILES string of the molecule is COc1ccc(-n2ncc(C(C)NC(=O)CSc3ccncc3)c2C)cc1. The predicted molar refractivity (Wildman–Crippen MR) is 106 cm³/mol. The minimum absolute atomic E-state index is 0.0130. The summed E-state index contributed by atoms with van der Waals surface area (Å²) < 4.78 is 7.06. The summed E-state index contributed by atoms with van der Waals surface area (Å²) in [5, 5.41) is 7.52. The van der Waals surface area contributed by atoms with E-state index in [1.54, 1.807) is 25.7 Å². The molecule has 0 saturated heterocycles. The van der Waals surface area contributed by atoms with E-state index in [4.69, 9.17) is 4.74 Å². The van der Waals surface area contributed by atoms with E-state index in [9.17, 15) is 4.79 Å². The summed E-state index contributed by atoms with van der Waals surface area (Å²) in [4.78, 5) is 17.3. The number of methoxy groups -OCH3 is 1. The number of pyridine rings is 1. The number of carbonyl (C=O) groups is 1. The van der Waals surface area contributed by atoms with Crippen LogP contribution >= 0.6 is 11.8 Å². The lowest BCUT2D eigenvalue weighted by molar-refractivity contribution is -0.119. The highest BCUT2D eigenvalue weighted by atomic mass is 32.2. The Labute approximate surface area is 163 Å². The number of ether oxygens (including phenoxy) is 1. The van der Waals surface area contributed by atoms with Crippen LogP contribution < -0.4 is 10.1 Å². The van der Waals surface area contributed by atoms with E-state index in [2.05, 4.69) is 15.4 Å². The predicted octanol–water partition coefficient (Wildman–Crippen LogP) is 3.55. The number of benzene rings is 1. The number of thioether (sulfide) groups is 1. The van der Waals surface area contributed by atoms with E-state index >= 15 is 0 Å². The fourth-order valence-corrected chi connectivity index (χ4v) is 3.47. The second-order valence-corrected chi connectivity index (χ2v) is 7.10. The standard InChI is InChI=1S/C20H22N4O2S/c1-14(23-20(25)13-27-18-8-10-21-11-9-18)19-12-22-24(15(19)2)16-4-6-17(26-3)7-5-16/h4-12,14H,13H2,1-3H3,(H,23,25). The first-order valence-corrected chi connectivity index (χ1v) is 9.58. The second-order valence-electron chi connectivity index (χ2n) is 6.06. The second kappa shape index (κ2) is 8.73. The normalized spacial score (nSPS) is 11.8. The molecule has 3 rings (SSSR count). The van der Waals surface area contributed by atoms with Crippen LogP contribution in [-0.2, 0) is 4.79 Å². The van der Waals surface area contributed by atoms with Crippen molar-refractivity contribution in [1.82, 2.24) is 20.1 Å².